The quantitative estimate of drug-likeness (QED) is 0.865. The summed E-state index contributed by atoms with van der Waals surface area (Å²) < 4.78 is 23.5. The van der Waals surface area contributed by atoms with Gasteiger partial charge < -0.3 is 5.32 Å². The molecule has 0 fully saturated rings. The molecule has 3 rings (SSSR count). The number of sulfone groups is 1. The van der Waals surface area contributed by atoms with Crippen molar-refractivity contribution in [1.82, 2.24) is 5.32 Å². The van der Waals surface area contributed by atoms with E-state index < -0.39 is 15.9 Å². The number of nitrogens with one attached hydrogen (secondary N) is 1. The Morgan fingerprint density at radius 1 is 1.29 bits per heavy atom. The van der Waals surface area contributed by atoms with Gasteiger partial charge in [-0.15, -0.1) is 23.1 Å². The number of fused-ring (bicyclic) bond motifs is 1. The number of amides is 1. The van der Waals surface area contributed by atoms with Crippen LogP contribution in [0.15, 0.2) is 41.8 Å². The van der Waals surface area contributed by atoms with Crippen LogP contribution < -0.4 is 5.32 Å². The second-order valence-electron chi connectivity index (χ2n) is 5.86. The van der Waals surface area contributed by atoms with Gasteiger partial charge in [-0.1, -0.05) is 30.3 Å². The van der Waals surface area contributed by atoms with Crippen LogP contribution >= 0.6 is 23.1 Å². The average Bonchev–Trinajstić information content (AvgIpc) is 3.02. The average molecular weight is 382 g/mol. The molecule has 0 radical (unpaired) electrons. The zero-order valence-corrected chi connectivity index (χ0v) is 15.7. The lowest BCUT2D eigenvalue weighted by molar-refractivity contribution is -0.121. The summed E-state index contributed by atoms with van der Waals surface area (Å²) in [6.45, 7) is 0. The number of thiophene rings is 1. The van der Waals surface area contributed by atoms with Gasteiger partial charge in [0.15, 0.2) is 0 Å². The van der Waals surface area contributed by atoms with Gasteiger partial charge >= 0.3 is 0 Å². The van der Waals surface area contributed by atoms with Crippen molar-refractivity contribution in [2.45, 2.75) is 17.7 Å². The largest absolute Gasteiger partial charge is 0.347 e. The van der Waals surface area contributed by atoms with E-state index in [0.717, 1.165) is 23.3 Å². The van der Waals surface area contributed by atoms with Crippen LogP contribution in [0.1, 0.15) is 27.3 Å². The molecule has 1 aromatic heterocycles. The third-order valence-electron chi connectivity index (χ3n) is 3.90. The first-order valence-corrected chi connectivity index (χ1v) is 11.6. The maximum atomic E-state index is 12.8. The lowest BCUT2D eigenvalue weighted by Crippen LogP contribution is -2.36. The SMILES string of the molecule is CS(=O)(=O)C[C@H](NC(=O)[C@H]1SCCc2sccc21)c1ccccc1. The van der Waals surface area contributed by atoms with Gasteiger partial charge in [-0.3, -0.25) is 4.79 Å². The predicted molar refractivity (Wildman–Crippen MR) is 100 cm³/mol. The first kappa shape index (κ1) is 17.5. The topological polar surface area (TPSA) is 63.2 Å². The van der Waals surface area contributed by atoms with E-state index in [1.165, 1.54) is 11.1 Å². The summed E-state index contributed by atoms with van der Waals surface area (Å²) in [4.78, 5) is 14.1. The maximum Gasteiger partial charge on any atom is 0.238 e. The standard InChI is InChI=1S/C17H19NO3S3/c1-24(20,21)11-14(12-5-3-2-4-6-12)18-17(19)16-13-7-9-22-15(13)8-10-23-16/h2-7,9,14,16H,8,10-11H2,1H3,(H,18,19)/t14-,16-/m0/s1. The van der Waals surface area contributed by atoms with Crippen molar-refractivity contribution < 1.29 is 13.2 Å². The Morgan fingerprint density at radius 2 is 2.04 bits per heavy atom. The smallest absolute Gasteiger partial charge is 0.238 e. The Balaban J connectivity index is 1.82. The van der Waals surface area contributed by atoms with Gasteiger partial charge in [0.1, 0.15) is 15.1 Å². The molecule has 4 nitrogen and oxygen atoms in total. The van der Waals surface area contributed by atoms with E-state index in [9.17, 15) is 13.2 Å². The first-order chi connectivity index (χ1) is 11.4. The molecule has 1 aliphatic rings. The van der Waals surface area contributed by atoms with E-state index in [-0.39, 0.29) is 16.9 Å². The van der Waals surface area contributed by atoms with Gasteiger partial charge in [-0.05, 0) is 34.7 Å². The second-order valence-corrected chi connectivity index (χ2v) is 10.3. The molecule has 24 heavy (non-hydrogen) atoms. The minimum absolute atomic E-state index is 0.101. The minimum atomic E-state index is -3.22. The van der Waals surface area contributed by atoms with Crippen molar-refractivity contribution in [3.05, 3.63) is 57.8 Å². The summed E-state index contributed by atoms with van der Waals surface area (Å²) in [5, 5.41) is 4.71. The maximum absolute atomic E-state index is 12.8. The Morgan fingerprint density at radius 3 is 2.75 bits per heavy atom. The molecule has 1 N–H and O–H groups in total. The van der Waals surface area contributed by atoms with Gasteiger partial charge in [0.2, 0.25) is 5.91 Å². The van der Waals surface area contributed by atoms with Gasteiger partial charge in [-0.2, -0.15) is 0 Å². The molecule has 128 valence electrons. The van der Waals surface area contributed by atoms with Crippen molar-refractivity contribution in [2.75, 3.05) is 17.8 Å². The molecular formula is C17H19NO3S3. The number of benzene rings is 1. The normalized spacial score (nSPS) is 18.6. The van der Waals surface area contributed by atoms with E-state index in [2.05, 4.69) is 5.32 Å². The first-order valence-electron chi connectivity index (χ1n) is 7.65. The van der Waals surface area contributed by atoms with E-state index in [1.54, 1.807) is 23.1 Å². The number of thioether (sulfide) groups is 1. The molecule has 2 heterocycles. The van der Waals surface area contributed by atoms with Gasteiger partial charge in [0, 0.05) is 11.1 Å². The highest BCUT2D eigenvalue weighted by molar-refractivity contribution is 8.00. The molecule has 1 aliphatic heterocycles. The second kappa shape index (κ2) is 7.29. The molecule has 7 heteroatoms. The lowest BCUT2D eigenvalue weighted by Gasteiger charge is -2.25. The Kier molecular flexibility index (Phi) is 5.32. The van der Waals surface area contributed by atoms with E-state index in [1.807, 2.05) is 41.8 Å². The highest BCUT2D eigenvalue weighted by atomic mass is 32.2. The Bertz CT molecular complexity index is 815. The minimum Gasteiger partial charge on any atom is -0.347 e. The fraction of sp³-hybridized carbons (Fsp3) is 0.353. The number of hydrogen-bond donors (Lipinski definition) is 1. The molecule has 0 unspecified atom stereocenters. The van der Waals surface area contributed by atoms with Gasteiger partial charge in [-0.25, -0.2) is 8.42 Å². The van der Waals surface area contributed by atoms with Gasteiger partial charge in [0.05, 0.1) is 11.8 Å². The van der Waals surface area contributed by atoms with Crippen LogP contribution in [0, 0.1) is 0 Å². The Hall–Kier alpha value is -1.31. The molecule has 1 aromatic carbocycles. The summed E-state index contributed by atoms with van der Waals surface area (Å²) in [6, 6.07) is 10.7. The highest BCUT2D eigenvalue weighted by Gasteiger charge is 2.30. The molecule has 0 saturated carbocycles. The third-order valence-corrected chi connectivity index (χ3v) is 7.08. The van der Waals surface area contributed by atoms with Crippen LogP contribution in [0.5, 0.6) is 0 Å². The molecule has 2 atom stereocenters. The van der Waals surface area contributed by atoms with Crippen LogP contribution in [0.25, 0.3) is 0 Å². The number of carbonyl (C=O) groups is 1. The summed E-state index contributed by atoms with van der Waals surface area (Å²) in [5.74, 6) is 0.696. The summed E-state index contributed by atoms with van der Waals surface area (Å²) in [6.07, 6.45) is 2.19. The van der Waals surface area contributed by atoms with Crippen LogP contribution in [0.3, 0.4) is 0 Å². The van der Waals surface area contributed by atoms with Crippen molar-refractivity contribution in [2.24, 2.45) is 0 Å². The van der Waals surface area contributed by atoms with Crippen molar-refractivity contribution in [3.8, 4) is 0 Å². The lowest BCUT2D eigenvalue weighted by atomic mass is 10.1. The van der Waals surface area contributed by atoms with Crippen LogP contribution in [-0.2, 0) is 21.1 Å². The number of carbonyl (C=O) groups excluding carboxylic acids is 1. The highest BCUT2D eigenvalue weighted by Crippen LogP contribution is 2.39. The fourth-order valence-electron chi connectivity index (χ4n) is 2.82. The molecule has 1 amide bonds. The van der Waals surface area contributed by atoms with Crippen molar-refractivity contribution in [1.29, 1.82) is 0 Å². The molecule has 0 aliphatic carbocycles. The van der Waals surface area contributed by atoms with Crippen molar-refractivity contribution >= 4 is 38.8 Å². The van der Waals surface area contributed by atoms with Crippen molar-refractivity contribution in [3.63, 3.8) is 0 Å². The van der Waals surface area contributed by atoms with Crippen LogP contribution in [0.4, 0.5) is 0 Å². The zero-order chi connectivity index (χ0) is 17.2. The van der Waals surface area contributed by atoms with E-state index >= 15 is 0 Å². The molecule has 0 saturated heterocycles. The van der Waals surface area contributed by atoms with E-state index in [0.29, 0.717) is 0 Å². The number of aryl methyl sites for hydroxylation is 1. The fourth-order valence-corrected chi connectivity index (χ4v) is 6.00. The number of rotatable bonds is 5. The van der Waals surface area contributed by atoms with Crippen LogP contribution in [-0.4, -0.2) is 32.1 Å². The molecule has 0 bridgehead atoms. The molecule has 0 spiro atoms. The van der Waals surface area contributed by atoms with Gasteiger partial charge in [0.25, 0.3) is 0 Å². The monoisotopic (exact) mass is 381 g/mol. The van der Waals surface area contributed by atoms with E-state index in [4.69, 9.17) is 0 Å². The zero-order valence-electron chi connectivity index (χ0n) is 13.3. The summed E-state index contributed by atoms with van der Waals surface area (Å²) >= 11 is 3.30. The molecule has 2 aromatic rings. The third kappa shape index (κ3) is 4.20. The predicted octanol–water partition coefficient (Wildman–Crippen LogP) is 2.98. The number of hydrogen-bond acceptors (Lipinski definition) is 5. The molecular weight excluding hydrogens is 362 g/mol. The van der Waals surface area contributed by atoms with Crippen LogP contribution in [0.2, 0.25) is 0 Å². The summed E-state index contributed by atoms with van der Waals surface area (Å²) in [7, 11) is -3.22. The Labute approximate surface area is 150 Å². The summed E-state index contributed by atoms with van der Waals surface area (Å²) in [5.41, 5.74) is 1.88.